The van der Waals surface area contributed by atoms with Gasteiger partial charge in [-0.05, 0) is 47.7 Å². The number of aromatic nitrogens is 1. The molecule has 1 aromatic heterocycles. The van der Waals surface area contributed by atoms with E-state index in [1.165, 1.54) is 0 Å². The van der Waals surface area contributed by atoms with E-state index >= 15 is 0 Å². The highest BCUT2D eigenvalue weighted by molar-refractivity contribution is 6.39. The topological polar surface area (TPSA) is 91.4 Å². The van der Waals surface area contributed by atoms with Gasteiger partial charge in [-0.3, -0.25) is 19.4 Å². The van der Waals surface area contributed by atoms with Gasteiger partial charge in [0.1, 0.15) is 0 Å². The fraction of sp³-hybridized carbons (Fsp3) is 0.263. The Morgan fingerprint density at radius 3 is 2.69 bits per heavy atom. The third kappa shape index (κ3) is 3.03. The summed E-state index contributed by atoms with van der Waals surface area (Å²) >= 11 is 0. The number of benzene rings is 1. The van der Waals surface area contributed by atoms with Crippen molar-refractivity contribution in [2.45, 2.75) is 25.8 Å². The third-order valence-corrected chi connectivity index (χ3v) is 4.69. The van der Waals surface area contributed by atoms with Crippen molar-refractivity contribution in [1.29, 1.82) is 0 Å². The van der Waals surface area contributed by atoms with Crippen LogP contribution in [0.4, 0.5) is 11.4 Å². The van der Waals surface area contributed by atoms with E-state index in [1.807, 2.05) is 23.1 Å². The maximum absolute atomic E-state index is 12.2. The molecule has 7 heteroatoms. The molecule has 1 aromatic carbocycles. The second-order valence-electron chi connectivity index (χ2n) is 6.44. The van der Waals surface area contributed by atoms with E-state index in [2.05, 4.69) is 15.6 Å². The molecule has 132 valence electrons. The number of nitrogens with zero attached hydrogens (tertiary/aromatic N) is 2. The summed E-state index contributed by atoms with van der Waals surface area (Å²) in [5.74, 6) is -1.25. The minimum atomic E-state index is -0.706. The van der Waals surface area contributed by atoms with Crippen LogP contribution in [0, 0.1) is 0 Å². The molecule has 7 nitrogen and oxygen atoms in total. The SMILES string of the molecule is O=C(NCc1cccnc1)C(=O)Nc1cc2c3c(c1)CCN3C(=O)CC2. The molecule has 26 heavy (non-hydrogen) atoms. The first kappa shape index (κ1) is 16.3. The molecule has 0 unspecified atom stereocenters. The second kappa shape index (κ2) is 6.59. The molecule has 2 N–H and O–H groups in total. The Balaban J connectivity index is 1.44. The Kier molecular flexibility index (Phi) is 4.12. The van der Waals surface area contributed by atoms with Gasteiger partial charge in [-0.1, -0.05) is 6.07 Å². The lowest BCUT2D eigenvalue weighted by atomic mass is 9.98. The quantitative estimate of drug-likeness (QED) is 0.813. The number of hydrogen-bond donors (Lipinski definition) is 2. The van der Waals surface area contributed by atoms with Crippen molar-refractivity contribution in [3.63, 3.8) is 0 Å². The van der Waals surface area contributed by atoms with E-state index in [9.17, 15) is 14.4 Å². The molecule has 3 heterocycles. The molecule has 2 aromatic rings. The van der Waals surface area contributed by atoms with Crippen molar-refractivity contribution in [1.82, 2.24) is 10.3 Å². The first-order chi connectivity index (χ1) is 12.6. The van der Waals surface area contributed by atoms with Crippen molar-refractivity contribution >= 4 is 29.1 Å². The van der Waals surface area contributed by atoms with Gasteiger partial charge in [0.05, 0.1) is 5.69 Å². The number of nitrogens with one attached hydrogen (secondary N) is 2. The van der Waals surface area contributed by atoms with Crippen molar-refractivity contribution in [3.05, 3.63) is 53.3 Å². The molecule has 4 rings (SSSR count). The fourth-order valence-corrected chi connectivity index (χ4v) is 3.48. The average Bonchev–Trinajstić information content (AvgIpc) is 3.09. The van der Waals surface area contributed by atoms with Crippen molar-refractivity contribution in [2.24, 2.45) is 0 Å². The number of hydrogen-bond acceptors (Lipinski definition) is 4. The van der Waals surface area contributed by atoms with Gasteiger partial charge in [-0.25, -0.2) is 0 Å². The molecule has 0 saturated heterocycles. The molecule has 0 atom stereocenters. The van der Waals surface area contributed by atoms with Crippen molar-refractivity contribution in [3.8, 4) is 0 Å². The molecule has 0 spiro atoms. The van der Waals surface area contributed by atoms with Crippen molar-refractivity contribution < 1.29 is 14.4 Å². The maximum Gasteiger partial charge on any atom is 0.313 e. The molecule has 0 aliphatic carbocycles. The zero-order valence-corrected chi connectivity index (χ0v) is 14.1. The zero-order valence-electron chi connectivity index (χ0n) is 14.1. The number of aryl methyl sites for hydroxylation is 1. The van der Waals surface area contributed by atoms with Crippen LogP contribution < -0.4 is 15.5 Å². The van der Waals surface area contributed by atoms with Gasteiger partial charge in [0.15, 0.2) is 0 Å². The molecular weight excluding hydrogens is 332 g/mol. The summed E-state index contributed by atoms with van der Waals surface area (Å²) in [6.07, 6.45) is 5.19. The monoisotopic (exact) mass is 350 g/mol. The highest BCUT2D eigenvalue weighted by Crippen LogP contribution is 2.38. The Bertz CT molecular complexity index is 895. The molecule has 2 aliphatic heterocycles. The van der Waals surface area contributed by atoms with Crippen LogP contribution in [-0.4, -0.2) is 29.3 Å². The van der Waals surface area contributed by atoms with Gasteiger partial charge < -0.3 is 15.5 Å². The number of carbonyl (C=O) groups excluding carboxylic acids is 3. The first-order valence-electron chi connectivity index (χ1n) is 8.56. The normalized spacial score (nSPS) is 14.8. The summed E-state index contributed by atoms with van der Waals surface area (Å²) < 4.78 is 0. The Labute approximate surface area is 150 Å². The molecule has 0 bridgehead atoms. The summed E-state index contributed by atoms with van der Waals surface area (Å²) in [7, 11) is 0. The van der Waals surface area contributed by atoms with Crippen LogP contribution in [0.15, 0.2) is 36.7 Å². The molecule has 0 fully saturated rings. The smallest absolute Gasteiger partial charge is 0.313 e. The fourth-order valence-electron chi connectivity index (χ4n) is 3.48. The minimum absolute atomic E-state index is 0.155. The Hall–Kier alpha value is -3.22. The van der Waals surface area contributed by atoms with E-state index in [0.29, 0.717) is 25.1 Å². The van der Waals surface area contributed by atoms with Crippen LogP contribution in [0.5, 0.6) is 0 Å². The summed E-state index contributed by atoms with van der Waals surface area (Å²) in [5.41, 5.74) is 4.49. The number of pyridine rings is 1. The van der Waals surface area contributed by atoms with E-state index < -0.39 is 11.8 Å². The lowest BCUT2D eigenvalue weighted by molar-refractivity contribution is -0.136. The third-order valence-electron chi connectivity index (χ3n) is 4.69. The van der Waals surface area contributed by atoms with Crippen LogP contribution in [0.25, 0.3) is 0 Å². The van der Waals surface area contributed by atoms with Gasteiger partial charge in [-0.15, -0.1) is 0 Å². The maximum atomic E-state index is 12.2. The van der Waals surface area contributed by atoms with Crippen LogP contribution in [0.2, 0.25) is 0 Å². The van der Waals surface area contributed by atoms with Gasteiger partial charge in [0, 0.05) is 37.6 Å². The van der Waals surface area contributed by atoms with E-state index in [4.69, 9.17) is 0 Å². The predicted molar refractivity (Wildman–Crippen MR) is 95.5 cm³/mol. The lowest BCUT2D eigenvalue weighted by Crippen LogP contribution is -2.35. The first-order valence-corrected chi connectivity index (χ1v) is 8.56. The Morgan fingerprint density at radius 2 is 1.92 bits per heavy atom. The average molecular weight is 350 g/mol. The van der Waals surface area contributed by atoms with Gasteiger partial charge in [0.2, 0.25) is 5.91 Å². The highest BCUT2D eigenvalue weighted by atomic mass is 16.2. The van der Waals surface area contributed by atoms with Gasteiger partial charge in [0.25, 0.3) is 0 Å². The van der Waals surface area contributed by atoms with E-state index in [1.54, 1.807) is 18.5 Å². The number of carbonyl (C=O) groups is 3. The van der Waals surface area contributed by atoms with E-state index in [0.717, 1.165) is 28.8 Å². The molecular formula is C19H18N4O3. The van der Waals surface area contributed by atoms with Gasteiger partial charge in [-0.2, -0.15) is 0 Å². The summed E-state index contributed by atoms with van der Waals surface area (Å²) in [4.78, 5) is 41.9. The predicted octanol–water partition coefficient (Wildman–Crippen LogP) is 1.17. The summed E-state index contributed by atoms with van der Waals surface area (Å²) in [5, 5.41) is 5.24. The molecule has 0 saturated carbocycles. The summed E-state index contributed by atoms with van der Waals surface area (Å²) in [6, 6.07) is 7.30. The van der Waals surface area contributed by atoms with E-state index in [-0.39, 0.29) is 12.5 Å². The second-order valence-corrected chi connectivity index (χ2v) is 6.44. The van der Waals surface area contributed by atoms with Crippen molar-refractivity contribution in [2.75, 3.05) is 16.8 Å². The summed E-state index contributed by atoms with van der Waals surface area (Å²) in [6.45, 7) is 0.927. The molecule has 2 aliphatic rings. The minimum Gasteiger partial charge on any atom is -0.344 e. The van der Waals surface area contributed by atoms with Crippen LogP contribution in [0.3, 0.4) is 0 Å². The highest BCUT2D eigenvalue weighted by Gasteiger charge is 2.31. The van der Waals surface area contributed by atoms with Crippen LogP contribution >= 0.6 is 0 Å². The van der Waals surface area contributed by atoms with Crippen LogP contribution in [-0.2, 0) is 33.8 Å². The number of anilines is 2. The molecule has 3 amide bonds. The zero-order chi connectivity index (χ0) is 18.1. The lowest BCUT2D eigenvalue weighted by Gasteiger charge is -2.25. The number of amides is 3. The largest absolute Gasteiger partial charge is 0.344 e. The Morgan fingerprint density at radius 1 is 1.12 bits per heavy atom. The van der Waals surface area contributed by atoms with Crippen LogP contribution in [0.1, 0.15) is 23.1 Å². The molecule has 0 radical (unpaired) electrons. The van der Waals surface area contributed by atoms with Gasteiger partial charge >= 0.3 is 11.8 Å². The standard InChI is InChI=1S/C19H18N4O3/c24-16-4-3-13-8-15(9-14-5-7-23(16)17(13)14)22-19(26)18(25)21-11-12-2-1-6-20-10-12/h1-2,6,8-10H,3-5,7,11H2,(H,21,25)(H,22,26). The number of rotatable bonds is 3.